The Hall–Kier alpha value is -4.64. The summed E-state index contributed by atoms with van der Waals surface area (Å²) in [5, 5.41) is 37.4. The molecule has 4 aliphatic heterocycles. The van der Waals surface area contributed by atoms with Crippen molar-refractivity contribution >= 4 is 0 Å². The number of hydrogen-bond donors (Lipinski definition) is 0. The minimum Gasteiger partial charge on any atom is -0.491 e. The van der Waals surface area contributed by atoms with Gasteiger partial charge in [0.1, 0.15) is 49.4 Å². The van der Waals surface area contributed by atoms with Crippen LogP contribution in [0.2, 0.25) is 0 Å². The van der Waals surface area contributed by atoms with Crippen molar-refractivity contribution in [1.29, 1.82) is 21.0 Å². The van der Waals surface area contributed by atoms with Gasteiger partial charge in [-0.25, -0.2) is 0 Å². The monoisotopic (exact) mass is 692 g/mol. The van der Waals surface area contributed by atoms with Gasteiger partial charge in [0.15, 0.2) is 0 Å². The number of benzene rings is 2. The highest BCUT2D eigenvalue weighted by Crippen LogP contribution is 2.31. The Bertz CT molecular complexity index is 1240. The minimum absolute atomic E-state index is 0.116. The van der Waals surface area contributed by atoms with E-state index in [-0.39, 0.29) is 52.1 Å². The van der Waals surface area contributed by atoms with Crippen molar-refractivity contribution in [2.45, 2.75) is 25.7 Å². The SMILES string of the molecule is N#CCc1cc2c(CC#N)cc1OCCOCCOCCOCCOc1cc(CC#N)c(cc1CC#N)OCCOCCOCCOCCO2. The summed E-state index contributed by atoms with van der Waals surface area (Å²) in [6, 6.07) is 15.5. The summed E-state index contributed by atoms with van der Waals surface area (Å²) in [5.41, 5.74) is 2.62. The summed E-state index contributed by atoms with van der Waals surface area (Å²) >= 11 is 0. The topological polar surface area (TPSA) is 187 Å². The number of nitrogens with zero attached hydrogens (tertiary/aromatic N) is 4. The molecule has 6 rings (SSSR count). The molecule has 0 amide bonds. The van der Waals surface area contributed by atoms with E-state index >= 15 is 0 Å². The van der Waals surface area contributed by atoms with Crippen molar-refractivity contribution in [3.63, 3.8) is 0 Å². The molecule has 0 N–H and O–H groups in total. The highest BCUT2D eigenvalue weighted by atomic mass is 16.6. The number of hydrogen-bond acceptors (Lipinski definition) is 14. The smallest absolute Gasteiger partial charge is 0.124 e. The summed E-state index contributed by atoms with van der Waals surface area (Å²) in [5.74, 6) is 2.03. The molecule has 2 aromatic carbocycles. The Morgan fingerprint density at radius 3 is 0.680 bits per heavy atom. The molecule has 0 saturated heterocycles. The fourth-order valence-electron chi connectivity index (χ4n) is 4.64. The zero-order chi connectivity index (χ0) is 35.5. The van der Waals surface area contributed by atoms with Crippen LogP contribution in [0.4, 0.5) is 0 Å². The summed E-state index contributed by atoms with van der Waals surface area (Å²) < 4.78 is 57.2. The van der Waals surface area contributed by atoms with E-state index in [0.29, 0.717) is 125 Å². The minimum atomic E-state index is 0.116. The lowest BCUT2D eigenvalue weighted by atomic mass is 10.0. The van der Waals surface area contributed by atoms with E-state index < -0.39 is 0 Å². The number of nitriles is 4. The van der Waals surface area contributed by atoms with Crippen LogP contribution in [-0.4, -0.2) is 106 Å². The molecule has 2 aromatic rings. The van der Waals surface area contributed by atoms with Crippen LogP contribution in [-0.2, 0) is 54.1 Å². The van der Waals surface area contributed by atoms with Crippen molar-refractivity contribution in [2.24, 2.45) is 0 Å². The van der Waals surface area contributed by atoms with E-state index in [0.717, 1.165) is 0 Å². The van der Waals surface area contributed by atoms with Crippen LogP contribution in [0.25, 0.3) is 0 Å². The molecular formula is C36H44N4O10. The summed E-state index contributed by atoms with van der Waals surface area (Å²) in [4.78, 5) is 0. The van der Waals surface area contributed by atoms with E-state index in [1.165, 1.54) is 0 Å². The summed E-state index contributed by atoms with van der Waals surface area (Å²) in [6.45, 7) is 5.13. The first kappa shape index (κ1) is 39.8. The maximum atomic E-state index is 9.35. The van der Waals surface area contributed by atoms with Crippen molar-refractivity contribution in [1.82, 2.24) is 0 Å². The zero-order valence-corrected chi connectivity index (χ0v) is 28.3. The third-order valence-electron chi connectivity index (χ3n) is 6.99. The Morgan fingerprint density at radius 2 is 0.500 bits per heavy atom. The van der Waals surface area contributed by atoms with E-state index in [2.05, 4.69) is 24.3 Å². The second-order valence-corrected chi connectivity index (χ2v) is 10.5. The standard InChI is InChI=1S/C36H44N4O10/c37-5-1-29-25-34-30(2-6-38)26-33(29)47-21-17-43-13-9-41-11-15-45-19-23-49-35-27-32(4-8-40)36(28-31(35)3-7-39)50-24-20-46-16-12-42-10-14-44-18-22-48-34/h25-28H,1-4,9-24H2. The molecule has 4 aliphatic rings. The lowest BCUT2D eigenvalue weighted by Crippen LogP contribution is -2.15. The van der Waals surface area contributed by atoms with Crippen LogP contribution < -0.4 is 18.9 Å². The molecule has 268 valence electrons. The quantitative estimate of drug-likeness (QED) is 0.454. The predicted octanol–water partition coefficient (Wildman–Crippen LogP) is 3.28. The number of ether oxygens (including phenoxy) is 10. The van der Waals surface area contributed by atoms with Gasteiger partial charge in [0.05, 0.1) is 129 Å². The molecule has 0 fully saturated rings. The first-order valence-corrected chi connectivity index (χ1v) is 16.5. The van der Waals surface area contributed by atoms with E-state index in [9.17, 15) is 21.0 Å². The highest BCUT2D eigenvalue weighted by molar-refractivity contribution is 5.49. The second-order valence-electron chi connectivity index (χ2n) is 10.5. The average molecular weight is 693 g/mol. The van der Waals surface area contributed by atoms with Gasteiger partial charge in [-0.3, -0.25) is 0 Å². The van der Waals surface area contributed by atoms with Crippen molar-refractivity contribution < 1.29 is 47.4 Å². The van der Waals surface area contributed by atoms with Crippen LogP contribution in [0.3, 0.4) is 0 Å². The zero-order valence-electron chi connectivity index (χ0n) is 28.3. The predicted molar refractivity (Wildman–Crippen MR) is 177 cm³/mol. The largest absolute Gasteiger partial charge is 0.491 e. The third-order valence-corrected chi connectivity index (χ3v) is 6.99. The van der Waals surface area contributed by atoms with Crippen molar-refractivity contribution in [3.8, 4) is 47.3 Å². The Labute approximate surface area is 293 Å². The molecule has 0 aliphatic carbocycles. The molecule has 0 atom stereocenters. The molecule has 14 nitrogen and oxygen atoms in total. The van der Waals surface area contributed by atoms with Crippen LogP contribution in [0.15, 0.2) is 24.3 Å². The van der Waals surface area contributed by atoms with Gasteiger partial charge in [0.25, 0.3) is 0 Å². The van der Waals surface area contributed by atoms with Gasteiger partial charge in [0, 0.05) is 22.3 Å². The first-order chi connectivity index (χ1) is 24.7. The molecule has 4 heterocycles. The van der Waals surface area contributed by atoms with Crippen LogP contribution in [0.5, 0.6) is 23.0 Å². The summed E-state index contributed by atoms with van der Waals surface area (Å²) in [7, 11) is 0. The van der Waals surface area contributed by atoms with Gasteiger partial charge in [-0.2, -0.15) is 21.0 Å². The maximum Gasteiger partial charge on any atom is 0.124 e. The van der Waals surface area contributed by atoms with Gasteiger partial charge in [-0.1, -0.05) is 0 Å². The average Bonchev–Trinajstić information content (AvgIpc) is 3.11. The van der Waals surface area contributed by atoms with Gasteiger partial charge in [-0.05, 0) is 24.3 Å². The van der Waals surface area contributed by atoms with Gasteiger partial charge in [-0.15, -0.1) is 0 Å². The summed E-state index contributed by atoms with van der Waals surface area (Å²) in [6.07, 6.45) is 0.462. The highest BCUT2D eigenvalue weighted by Gasteiger charge is 2.14. The van der Waals surface area contributed by atoms with Crippen LogP contribution in [0.1, 0.15) is 22.3 Å². The van der Waals surface area contributed by atoms with Crippen molar-refractivity contribution in [2.75, 3.05) is 106 Å². The third kappa shape index (κ3) is 15.3. The normalized spacial score (nSPS) is 16.7. The Balaban J connectivity index is 1.55. The molecule has 50 heavy (non-hydrogen) atoms. The Morgan fingerprint density at radius 1 is 0.320 bits per heavy atom. The van der Waals surface area contributed by atoms with Gasteiger partial charge in [0.2, 0.25) is 0 Å². The molecule has 0 spiro atoms. The van der Waals surface area contributed by atoms with E-state index in [1.54, 1.807) is 24.3 Å². The molecule has 0 saturated carbocycles. The van der Waals surface area contributed by atoms with E-state index in [4.69, 9.17) is 47.4 Å². The first-order valence-electron chi connectivity index (χ1n) is 16.5. The maximum absolute atomic E-state index is 9.35. The van der Waals surface area contributed by atoms with Crippen molar-refractivity contribution in [3.05, 3.63) is 46.5 Å². The fraction of sp³-hybridized carbons (Fsp3) is 0.556. The Kier molecular flexibility index (Phi) is 20.2. The molecule has 4 bridgehead atoms. The molecule has 14 heteroatoms. The fourth-order valence-corrected chi connectivity index (χ4v) is 4.64. The van der Waals surface area contributed by atoms with Crippen LogP contribution >= 0.6 is 0 Å². The van der Waals surface area contributed by atoms with Gasteiger partial charge < -0.3 is 47.4 Å². The molecular weight excluding hydrogens is 648 g/mol. The van der Waals surface area contributed by atoms with Crippen LogP contribution in [0, 0.1) is 45.3 Å². The van der Waals surface area contributed by atoms with Gasteiger partial charge >= 0.3 is 0 Å². The number of rotatable bonds is 4. The second kappa shape index (κ2) is 25.3. The molecule has 0 aromatic heterocycles. The lowest BCUT2D eigenvalue weighted by molar-refractivity contribution is 0.00457. The van der Waals surface area contributed by atoms with E-state index in [1.807, 2.05) is 0 Å². The molecule has 0 unspecified atom stereocenters. The lowest BCUT2D eigenvalue weighted by Gasteiger charge is -2.16. The molecule has 0 radical (unpaired) electrons.